The summed E-state index contributed by atoms with van der Waals surface area (Å²) in [5, 5.41) is 21.6. The van der Waals surface area contributed by atoms with Crippen molar-refractivity contribution in [3.8, 4) is 0 Å². The van der Waals surface area contributed by atoms with E-state index >= 15 is 0 Å². The Morgan fingerprint density at radius 3 is 2.34 bits per heavy atom. The minimum absolute atomic E-state index is 0.110. The van der Waals surface area contributed by atoms with Crippen molar-refractivity contribution in [1.82, 2.24) is 29.5 Å². The standard InChI is InChI=1S/C30H43N7O6S/c1-30(2,41)26-18-32-34-37(26)22-17-25(27(31)38)36(19-22)29(40)24(16-20-8-4-3-5-9-20)33-28(39)21-10-12-23(13-11-21)44(42,43)35-14-6-7-15-35/h10-13,18,20,22,24-25,41H,3-9,14-17,19H2,1-2H3,(H2,31,38)(H,33,39)/t22?,24-,25?/m1/s1. The summed E-state index contributed by atoms with van der Waals surface area (Å²) in [5.41, 5.74) is 5.20. The van der Waals surface area contributed by atoms with Gasteiger partial charge in [0.05, 0.1) is 22.8 Å². The molecular formula is C30H43N7O6S. The zero-order valence-electron chi connectivity index (χ0n) is 25.4. The van der Waals surface area contributed by atoms with Gasteiger partial charge in [0, 0.05) is 31.6 Å². The summed E-state index contributed by atoms with van der Waals surface area (Å²) in [6.07, 6.45) is 8.83. The first kappa shape index (κ1) is 32.0. The molecule has 1 aromatic heterocycles. The zero-order chi connectivity index (χ0) is 31.6. The second kappa shape index (κ2) is 12.9. The number of carbonyl (C=O) groups excluding carboxylic acids is 3. The van der Waals surface area contributed by atoms with Crippen LogP contribution in [0.2, 0.25) is 0 Å². The van der Waals surface area contributed by atoms with Gasteiger partial charge in [0.1, 0.15) is 17.7 Å². The highest BCUT2D eigenvalue weighted by Crippen LogP contribution is 2.33. The molecule has 0 radical (unpaired) electrons. The van der Waals surface area contributed by atoms with E-state index in [1.165, 1.54) is 44.3 Å². The Morgan fingerprint density at radius 2 is 1.73 bits per heavy atom. The number of sulfonamides is 1. The van der Waals surface area contributed by atoms with Crippen LogP contribution in [0.1, 0.15) is 93.7 Å². The molecule has 2 saturated heterocycles. The molecule has 3 aliphatic rings. The van der Waals surface area contributed by atoms with Crippen molar-refractivity contribution in [2.75, 3.05) is 19.6 Å². The predicted octanol–water partition coefficient (Wildman–Crippen LogP) is 1.69. The number of nitrogens with two attached hydrogens (primary N) is 1. The maximum absolute atomic E-state index is 14.2. The smallest absolute Gasteiger partial charge is 0.251 e. The van der Waals surface area contributed by atoms with E-state index in [1.54, 1.807) is 13.8 Å². The molecule has 240 valence electrons. The Labute approximate surface area is 258 Å². The number of carbonyl (C=O) groups is 3. The van der Waals surface area contributed by atoms with Crippen LogP contribution in [0.5, 0.6) is 0 Å². The topological polar surface area (TPSA) is 181 Å². The quantitative estimate of drug-likeness (QED) is 0.355. The van der Waals surface area contributed by atoms with Gasteiger partial charge in [-0.25, -0.2) is 13.1 Å². The molecule has 14 heteroatoms. The number of hydrogen-bond donors (Lipinski definition) is 3. The van der Waals surface area contributed by atoms with E-state index in [4.69, 9.17) is 5.73 Å². The molecule has 3 amide bonds. The lowest BCUT2D eigenvalue weighted by atomic mass is 9.84. The van der Waals surface area contributed by atoms with E-state index in [9.17, 15) is 27.9 Å². The van der Waals surface area contributed by atoms with E-state index < -0.39 is 51.5 Å². The maximum atomic E-state index is 14.2. The molecule has 3 atom stereocenters. The molecule has 44 heavy (non-hydrogen) atoms. The molecule has 3 fully saturated rings. The van der Waals surface area contributed by atoms with Gasteiger partial charge >= 0.3 is 0 Å². The summed E-state index contributed by atoms with van der Waals surface area (Å²) in [6, 6.07) is 3.48. The zero-order valence-corrected chi connectivity index (χ0v) is 26.2. The number of rotatable bonds is 10. The highest BCUT2D eigenvalue weighted by molar-refractivity contribution is 7.89. The highest BCUT2D eigenvalue weighted by Gasteiger charge is 2.44. The molecule has 2 unspecified atom stereocenters. The number of likely N-dealkylation sites (tertiary alicyclic amines) is 1. The molecule has 5 rings (SSSR count). The van der Waals surface area contributed by atoms with Crippen LogP contribution < -0.4 is 11.1 Å². The van der Waals surface area contributed by atoms with Gasteiger partial charge in [-0.2, -0.15) is 4.31 Å². The van der Waals surface area contributed by atoms with Crippen LogP contribution in [0.15, 0.2) is 35.4 Å². The molecule has 2 aromatic rings. The number of amides is 3. The molecule has 3 heterocycles. The number of hydrogen-bond acceptors (Lipinski definition) is 8. The summed E-state index contributed by atoms with van der Waals surface area (Å²) in [4.78, 5) is 41.7. The third-order valence-electron chi connectivity index (χ3n) is 9.15. The van der Waals surface area contributed by atoms with Gasteiger partial charge in [0.15, 0.2) is 0 Å². The van der Waals surface area contributed by atoms with Crippen molar-refractivity contribution < 1.29 is 27.9 Å². The lowest BCUT2D eigenvalue weighted by molar-refractivity contribution is -0.139. The third kappa shape index (κ3) is 6.81. The number of nitrogens with one attached hydrogen (secondary N) is 1. The average Bonchev–Trinajstić information content (AvgIpc) is 3.77. The number of primary amides is 1. The predicted molar refractivity (Wildman–Crippen MR) is 160 cm³/mol. The number of benzene rings is 1. The number of nitrogens with zero attached hydrogens (tertiary/aromatic N) is 5. The maximum Gasteiger partial charge on any atom is 0.251 e. The van der Waals surface area contributed by atoms with Gasteiger partial charge in [0.2, 0.25) is 21.8 Å². The van der Waals surface area contributed by atoms with Crippen molar-refractivity contribution >= 4 is 27.7 Å². The van der Waals surface area contributed by atoms with Crippen molar-refractivity contribution in [3.63, 3.8) is 0 Å². The average molecular weight is 630 g/mol. The molecule has 0 spiro atoms. The molecular weight excluding hydrogens is 586 g/mol. The van der Waals surface area contributed by atoms with E-state index in [-0.39, 0.29) is 29.3 Å². The summed E-state index contributed by atoms with van der Waals surface area (Å²) >= 11 is 0. The fourth-order valence-corrected chi connectivity index (χ4v) is 8.25. The largest absolute Gasteiger partial charge is 0.384 e. The van der Waals surface area contributed by atoms with Crippen LogP contribution in [-0.2, 0) is 25.2 Å². The molecule has 4 N–H and O–H groups in total. The van der Waals surface area contributed by atoms with E-state index in [0.717, 1.165) is 44.9 Å². The van der Waals surface area contributed by atoms with Gasteiger partial charge < -0.3 is 21.1 Å². The summed E-state index contributed by atoms with van der Waals surface area (Å²) in [6.45, 7) is 4.29. The van der Waals surface area contributed by atoms with Gasteiger partial charge in [0.25, 0.3) is 5.91 Å². The van der Waals surface area contributed by atoms with Crippen LogP contribution in [0, 0.1) is 5.92 Å². The Morgan fingerprint density at radius 1 is 1.07 bits per heavy atom. The van der Waals surface area contributed by atoms with Gasteiger partial charge in [-0.1, -0.05) is 37.3 Å². The van der Waals surface area contributed by atoms with Crippen molar-refractivity contribution in [2.45, 2.75) is 100 Å². The first-order valence-corrected chi connectivity index (χ1v) is 16.9. The molecule has 2 aliphatic heterocycles. The van der Waals surface area contributed by atoms with Crippen molar-refractivity contribution in [1.29, 1.82) is 0 Å². The monoisotopic (exact) mass is 629 g/mol. The first-order valence-electron chi connectivity index (χ1n) is 15.5. The van der Waals surface area contributed by atoms with Crippen LogP contribution in [0.4, 0.5) is 0 Å². The normalized spacial score (nSPS) is 22.7. The van der Waals surface area contributed by atoms with Crippen LogP contribution in [0.3, 0.4) is 0 Å². The fraction of sp³-hybridized carbons (Fsp3) is 0.633. The Balaban J connectivity index is 1.36. The Bertz CT molecular complexity index is 1460. The molecule has 13 nitrogen and oxygen atoms in total. The SMILES string of the molecule is CC(C)(O)c1cnnn1C1CC(C(N)=O)N(C(=O)[C@@H](CC2CCCCC2)NC(=O)c2ccc(S(=O)(=O)N3CCCC3)cc2)C1. The second-order valence-corrected chi connectivity index (χ2v) is 14.8. The van der Waals surface area contributed by atoms with Crippen molar-refractivity contribution in [3.05, 3.63) is 41.7 Å². The number of aromatic nitrogens is 3. The molecule has 0 bridgehead atoms. The van der Waals surface area contributed by atoms with Crippen LogP contribution in [-0.4, -0.2) is 87.2 Å². The molecule has 1 aliphatic carbocycles. The van der Waals surface area contributed by atoms with Gasteiger partial charge in [-0.15, -0.1) is 5.10 Å². The summed E-state index contributed by atoms with van der Waals surface area (Å²) in [5.74, 6) is -1.35. The van der Waals surface area contributed by atoms with Crippen LogP contribution >= 0.6 is 0 Å². The van der Waals surface area contributed by atoms with E-state index in [1.807, 2.05) is 0 Å². The lowest BCUT2D eigenvalue weighted by Crippen LogP contribution is -2.53. The molecule has 1 saturated carbocycles. The van der Waals surface area contributed by atoms with E-state index in [2.05, 4.69) is 15.6 Å². The third-order valence-corrected chi connectivity index (χ3v) is 11.1. The lowest BCUT2D eigenvalue weighted by Gasteiger charge is -2.31. The van der Waals surface area contributed by atoms with Gasteiger partial charge in [-0.3, -0.25) is 14.4 Å². The van der Waals surface area contributed by atoms with Crippen molar-refractivity contribution in [2.24, 2.45) is 11.7 Å². The minimum atomic E-state index is -3.63. The summed E-state index contributed by atoms with van der Waals surface area (Å²) < 4.78 is 28.9. The first-order chi connectivity index (χ1) is 20.9. The van der Waals surface area contributed by atoms with Gasteiger partial charge in [-0.05, 0) is 63.3 Å². The Kier molecular flexibility index (Phi) is 9.42. The Hall–Kier alpha value is -3.36. The minimum Gasteiger partial charge on any atom is -0.384 e. The molecule has 1 aromatic carbocycles. The number of aliphatic hydroxyl groups is 1. The van der Waals surface area contributed by atoms with Crippen LogP contribution in [0.25, 0.3) is 0 Å². The second-order valence-electron chi connectivity index (χ2n) is 12.8. The fourth-order valence-electron chi connectivity index (χ4n) is 6.73. The van der Waals surface area contributed by atoms with E-state index in [0.29, 0.717) is 25.2 Å². The highest BCUT2D eigenvalue weighted by atomic mass is 32.2. The summed E-state index contributed by atoms with van der Waals surface area (Å²) in [7, 11) is -3.63.